The molecule has 0 bridgehead atoms. The van der Waals surface area contributed by atoms with Crippen LogP contribution in [0.5, 0.6) is 0 Å². The van der Waals surface area contributed by atoms with Gasteiger partial charge in [0.15, 0.2) is 11.0 Å². The molecule has 27 heavy (non-hydrogen) atoms. The molecular weight excluding hydrogens is 360 g/mol. The molecule has 0 aliphatic carbocycles. The lowest BCUT2D eigenvalue weighted by Gasteiger charge is -2.23. The third-order valence-electron chi connectivity index (χ3n) is 4.67. The molecule has 3 aromatic rings. The Balaban J connectivity index is 1.71. The summed E-state index contributed by atoms with van der Waals surface area (Å²) in [6, 6.07) is 11.7. The minimum absolute atomic E-state index is 0.0204. The summed E-state index contributed by atoms with van der Waals surface area (Å²) in [5.41, 5.74) is 2.22. The largest absolute Gasteiger partial charge is 0.467 e. The molecule has 0 aliphatic heterocycles. The highest BCUT2D eigenvalue weighted by molar-refractivity contribution is 7.99. The maximum absolute atomic E-state index is 12.6. The first-order valence-electron chi connectivity index (χ1n) is 8.94. The zero-order valence-electron chi connectivity index (χ0n) is 16.0. The first-order chi connectivity index (χ1) is 13.0. The Morgan fingerprint density at radius 3 is 2.70 bits per heavy atom. The molecule has 6 nitrogen and oxygen atoms in total. The number of hydrogen-bond acceptors (Lipinski definition) is 5. The van der Waals surface area contributed by atoms with Crippen molar-refractivity contribution >= 4 is 17.7 Å². The van der Waals surface area contributed by atoms with E-state index in [0.29, 0.717) is 5.75 Å². The summed E-state index contributed by atoms with van der Waals surface area (Å²) in [4.78, 5) is 14.3. The second-order valence-electron chi connectivity index (χ2n) is 6.35. The predicted molar refractivity (Wildman–Crippen MR) is 106 cm³/mol. The number of benzene rings is 1. The highest BCUT2D eigenvalue weighted by Gasteiger charge is 2.21. The third-order valence-corrected chi connectivity index (χ3v) is 5.62. The van der Waals surface area contributed by atoms with Crippen molar-refractivity contribution in [2.24, 2.45) is 0 Å². The first kappa shape index (κ1) is 19.2. The monoisotopic (exact) mass is 384 g/mol. The molecule has 0 fully saturated rings. The van der Waals surface area contributed by atoms with E-state index < -0.39 is 0 Å². The van der Waals surface area contributed by atoms with E-state index in [-0.39, 0.29) is 11.9 Å². The number of aryl methyl sites for hydroxylation is 1. The van der Waals surface area contributed by atoms with E-state index in [1.54, 1.807) is 18.2 Å². The zero-order chi connectivity index (χ0) is 19.4. The van der Waals surface area contributed by atoms with Crippen molar-refractivity contribution in [3.8, 4) is 11.4 Å². The summed E-state index contributed by atoms with van der Waals surface area (Å²) in [7, 11) is 1.79. The summed E-state index contributed by atoms with van der Waals surface area (Å²) in [5, 5.41) is 9.44. The summed E-state index contributed by atoms with van der Waals surface area (Å²) in [6.07, 6.45) is 1.62. The molecule has 1 unspecified atom stereocenters. The van der Waals surface area contributed by atoms with Crippen molar-refractivity contribution in [3.05, 3.63) is 54.0 Å². The van der Waals surface area contributed by atoms with Crippen LogP contribution >= 0.6 is 11.8 Å². The summed E-state index contributed by atoms with van der Waals surface area (Å²) < 4.78 is 7.45. The molecular formula is C20H24N4O2S. The molecule has 3 rings (SSSR count). The quantitative estimate of drug-likeness (QED) is 0.572. The van der Waals surface area contributed by atoms with Crippen LogP contribution in [0.1, 0.15) is 31.2 Å². The molecule has 1 atom stereocenters. The number of nitrogens with zero attached hydrogens (tertiary/aromatic N) is 4. The van der Waals surface area contributed by atoms with Crippen LogP contribution in [0.25, 0.3) is 11.4 Å². The van der Waals surface area contributed by atoms with E-state index >= 15 is 0 Å². The van der Waals surface area contributed by atoms with E-state index in [2.05, 4.69) is 34.7 Å². The number of thioether (sulfide) groups is 1. The van der Waals surface area contributed by atoms with Crippen molar-refractivity contribution in [1.82, 2.24) is 19.7 Å². The highest BCUT2D eigenvalue weighted by Crippen LogP contribution is 2.27. The Hall–Kier alpha value is -2.54. The van der Waals surface area contributed by atoms with E-state index in [1.807, 2.05) is 37.3 Å². The number of furan rings is 1. The lowest BCUT2D eigenvalue weighted by Crippen LogP contribution is -2.31. The van der Waals surface area contributed by atoms with Crippen LogP contribution in [-0.4, -0.2) is 38.4 Å². The number of carbonyl (C=O) groups excluding carboxylic acids is 1. The van der Waals surface area contributed by atoms with Gasteiger partial charge in [-0.2, -0.15) is 0 Å². The maximum Gasteiger partial charge on any atom is 0.233 e. The topological polar surface area (TPSA) is 64.2 Å². The predicted octanol–water partition coefficient (Wildman–Crippen LogP) is 4.18. The van der Waals surface area contributed by atoms with Crippen LogP contribution in [0, 0.1) is 6.92 Å². The van der Waals surface area contributed by atoms with E-state index in [9.17, 15) is 4.79 Å². The van der Waals surface area contributed by atoms with E-state index in [0.717, 1.165) is 34.4 Å². The number of aromatic nitrogens is 3. The minimum atomic E-state index is -0.111. The van der Waals surface area contributed by atoms with Crippen molar-refractivity contribution < 1.29 is 9.21 Å². The zero-order valence-corrected chi connectivity index (χ0v) is 16.9. The van der Waals surface area contributed by atoms with E-state index in [4.69, 9.17) is 4.42 Å². The van der Waals surface area contributed by atoms with Gasteiger partial charge in [0.05, 0.1) is 18.1 Å². The standard InChI is InChI=1S/C20H24N4O2S/c1-5-24-19(16-10-7-6-9-14(16)2)21-22-20(24)27-13-18(25)23(4)15(3)17-11-8-12-26-17/h6-12,15H,5,13H2,1-4H3. The third kappa shape index (κ3) is 4.08. The Labute approximate surface area is 163 Å². The fraction of sp³-hybridized carbons (Fsp3) is 0.350. The smallest absolute Gasteiger partial charge is 0.233 e. The summed E-state index contributed by atoms with van der Waals surface area (Å²) in [5.74, 6) is 1.93. The van der Waals surface area contributed by atoms with Gasteiger partial charge < -0.3 is 13.9 Å². The van der Waals surface area contributed by atoms with Gasteiger partial charge in [0.25, 0.3) is 0 Å². The normalized spacial score (nSPS) is 12.1. The SMILES string of the molecule is CCn1c(SCC(=O)N(C)C(C)c2ccco2)nnc1-c1ccccc1C. The molecule has 7 heteroatoms. The molecule has 0 radical (unpaired) electrons. The molecule has 1 aromatic carbocycles. The molecule has 142 valence electrons. The van der Waals surface area contributed by atoms with Gasteiger partial charge >= 0.3 is 0 Å². The molecule has 0 aliphatic rings. The fourth-order valence-corrected chi connectivity index (χ4v) is 3.79. The van der Waals surface area contributed by atoms with E-state index in [1.165, 1.54) is 11.8 Å². The van der Waals surface area contributed by atoms with Crippen LogP contribution in [0.4, 0.5) is 0 Å². The molecule has 0 N–H and O–H groups in total. The van der Waals surface area contributed by atoms with Crippen molar-refractivity contribution in [2.45, 2.75) is 38.5 Å². The number of carbonyl (C=O) groups is 1. The molecule has 2 heterocycles. The van der Waals surface area contributed by atoms with Gasteiger partial charge in [-0.05, 0) is 38.5 Å². The lowest BCUT2D eigenvalue weighted by atomic mass is 10.1. The van der Waals surface area contributed by atoms with Gasteiger partial charge in [0.1, 0.15) is 5.76 Å². The molecule has 2 aromatic heterocycles. The van der Waals surface area contributed by atoms with Gasteiger partial charge in [0.2, 0.25) is 5.91 Å². The lowest BCUT2D eigenvalue weighted by molar-refractivity contribution is -0.129. The first-order valence-corrected chi connectivity index (χ1v) is 9.92. The Morgan fingerprint density at radius 1 is 1.26 bits per heavy atom. The van der Waals surface area contributed by atoms with Crippen molar-refractivity contribution in [3.63, 3.8) is 0 Å². The van der Waals surface area contributed by atoms with Crippen LogP contribution in [0.15, 0.2) is 52.2 Å². The average molecular weight is 385 g/mol. The van der Waals surface area contributed by atoms with Crippen molar-refractivity contribution in [1.29, 1.82) is 0 Å². The number of amides is 1. The Morgan fingerprint density at radius 2 is 2.04 bits per heavy atom. The Kier molecular flexibility index (Phi) is 6.01. The van der Waals surface area contributed by atoms with Gasteiger partial charge in [-0.15, -0.1) is 10.2 Å². The van der Waals surface area contributed by atoms with Crippen LogP contribution in [0.3, 0.4) is 0 Å². The minimum Gasteiger partial charge on any atom is -0.467 e. The molecule has 1 amide bonds. The van der Waals surface area contributed by atoms with Gasteiger partial charge in [-0.25, -0.2) is 0 Å². The summed E-state index contributed by atoms with van der Waals surface area (Å²) in [6.45, 7) is 6.81. The van der Waals surface area contributed by atoms with Crippen LogP contribution in [0.2, 0.25) is 0 Å². The number of hydrogen-bond donors (Lipinski definition) is 0. The second-order valence-corrected chi connectivity index (χ2v) is 7.29. The van der Waals surface area contributed by atoms with Crippen molar-refractivity contribution in [2.75, 3.05) is 12.8 Å². The maximum atomic E-state index is 12.6. The Bertz CT molecular complexity index is 905. The van der Waals surface area contributed by atoms with Gasteiger partial charge in [-0.1, -0.05) is 36.0 Å². The summed E-state index contributed by atoms with van der Waals surface area (Å²) >= 11 is 1.41. The van der Waals surface area contributed by atoms with Gasteiger partial charge in [0, 0.05) is 19.2 Å². The fourth-order valence-electron chi connectivity index (χ4n) is 2.87. The van der Waals surface area contributed by atoms with Crippen LogP contribution < -0.4 is 0 Å². The van der Waals surface area contributed by atoms with Gasteiger partial charge in [-0.3, -0.25) is 4.79 Å². The molecule has 0 saturated heterocycles. The molecule has 0 spiro atoms. The second kappa shape index (κ2) is 8.43. The highest BCUT2D eigenvalue weighted by atomic mass is 32.2. The molecule has 0 saturated carbocycles. The number of rotatable bonds is 7. The van der Waals surface area contributed by atoms with Crippen LogP contribution in [-0.2, 0) is 11.3 Å². The average Bonchev–Trinajstić information content (AvgIpc) is 3.35.